The van der Waals surface area contributed by atoms with E-state index in [0.29, 0.717) is 5.56 Å². The monoisotopic (exact) mass is 286 g/mol. The summed E-state index contributed by atoms with van der Waals surface area (Å²) in [6.45, 7) is 0. The van der Waals surface area contributed by atoms with Crippen molar-refractivity contribution in [1.29, 1.82) is 0 Å². The number of nitrogens with zero attached hydrogens (tertiary/aromatic N) is 1. The first kappa shape index (κ1) is 14.4. The second-order valence-electron chi connectivity index (χ2n) is 4.09. The van der Waals surface area contributed by atoms with Crippen molar-refractivity contribution in [3.8, 4) is 0 Å². The summed E-state index contributed by atoms with van der Waals surface area (Å²) in [4.78, 5) is 26.2. The molecule has 5 nitrogen and oxygen atoms in total. The maximum absolute atomic E-state index is 13.0. The van der Waals surface area contributed by atoms with Crippen molar-refractivity contribution >= 4 is 23.8 Å². The molecule has 0 aliphatic carbocycles. The molecule has 0 fully saturated rings. The van der Waals surface area contributed by atoms with Gasteiger partial charge in [-0.1, -0.05) is 18.2 Å². The average Bonchev–Trinajstić information content (AvgIpc) is 2.45. The minimum atomic E-state index is -1.18. The van der Waals surface area contributed by atoms with E-state index in [4.69, 9.17) is 5.11 Å². The van der Waals surface area contributed by atoms with Crippen LogP contribution in [-0.2, 0) is 4.79 Å². The number of carboxylic acid groups (broad SMARTS) is 1. The van der Waals surface area contributed by atoms with E-state index in [1.54, 1.807) is 6.07 Å². The number of benzene rings is 1. The fourth-order valence-corrected chi connectivity index (χ4v) is 1.57. The first-order valence-electron chi connectivity index (χ1n) is 5.99. The smallest absolute Gasteiger partial charge is 0.354 e. The van der Waals surface area contributed by atoms with Crippen molar-refractivity contribution in [3.05, 3.63) is 65.6 Å². The number of anilines is 1. The highest BCUT2D eigenvalue weighted by molar-refractivity contribution is 6.01. The van der Waals surface area contributed by atoms with Crippen LogP contribution in [0.4, 0.5) is 10.2 Å². The Morgan fingerprint density at radius 3 is 2.67 bits per heavy atom. The van der Waals surface area contributed by atoms with Crippen LogP contribution in [0.5, 0.6) is 0 Å². The number of carbonyl (C=O) groups excluding carboxylic acids is 1. The summed E-state index contributed by atoms with van der Waals surface area (Å²) in [5, 5.41) is 11.2. The number of hydrogen-bond donors (Lipinski definition) is 2. The molecule has 2 N–H and O–H groups in total. The largest absolute Gasteiger partial charge is 0.477 e. The third-order valence-corrected chi connectivity index (χ3v) is 2.50. The number of hydrogen-bond acceptors (Lipinski definition) is 3. The number of rotatable bonds is 4. The van der Waals surface area contributed by atoms with E-state index in [0.717, 1.165) is 0 Å². The molecule has 21 heavy (non-hydrogen) atoms. The summed E-state index contributed by atoms with van der Waals surface area (Å²) < 4.78 is 13.0. The summed E-state index contributed by atoms with van der Waals surface area (Å²) in [6.07, 6.45) is 2.66. The van der Waals surface area contributed by atoms with E-state index >= 15 is 0 Å². The lowest BCUT2D eigenvalue weighted by Gasteiger charge is -2.02. The maximum atomic E-state index is 13.0. The van der Waals surface area contributed by atoms with Crippen LogP contribution < -0.4 is 5.32 Å². The van der Waals surface area contributed by atoms with E-state index < -0.39 is 17.7 Å². The molecule has 0 spiro atoms. The zero-order valence-electron chi connectivity index (χ0n) is 10.8. The Bertz CT molecular complexity index is 714. The molecule has 0 radical (unpaired) electrons. The second kappa shape index (κ2) is 6.42. The molecule has 1 amide bonds. The van der Waals surface area contributed by atoms with E-state index in [9.17, 15) is 14.0 Å². The van der Waals surface area contributed by atoms with Gasteiger partial charge in [-0.2, -0.15) is 0 Å². The molecule has 0 unspecified atom stereocenters. The molecule has 1 aromatic heterocycles. The number of aromatic carboxylic acids is 1. The van der Waals surface area contributed by atoms with Gasteiger partial charge in [-0.25, -0.2) is 14.2 Å². The molecular formula is C15H11FN2O3. The summed E-state index contributed by atoms with van der Waals surface area (Å²) in [5.74, 6) is -1.94. The van der Waals surface area contributed by atoms with Crippen molar-refractivity contribution < 1.29 is 19.1 Å². The zero-order chi connectivity index (χ0) is 15.2. The van der Waals surface area contributed by atoms with Gasteiger partial charge in [0.15, 0.2) is 5.69 Å². The van der Waals surface area contributed by atoms with Crippen LogP contribution in [0.15, 0.2) is 48.5 Å². The maximum Gasteiger partial charge on any atom is 0.354 e. The molecule has 1 heterocycles. The Morgan fingerprint density at radius 1 is 1.19 bits per heavy atom. The van der Waals surface area contributed by atoms with Gasteiger partial charge in [0, 0.05) is 6.08 Å². The molecular weight excluding hydrogens is 275 g/mol. The Hall–Kier alpha value is -3.02. The fraction of sp³-hybridized carbons (Fsp3) is 0. The normalized spacial score (nSPS) is 10.5. The van der Waals surface area contributed by atoms with E-state index in [-0.39, 0.29) is 11.5 Å². The summed E-state index contributed by atoms with van der Waals surface area (Å²) >= 11 is 0. The van der Waals surface area contributed by atoms with Crippen LogP contribution in [0.1, 0.15) is 16.1 Å². The predicted octanol–water partition coefficient (Wildman–Crippen LogP) is 2.57. The highest BCUT2D eigenvalue weighted by Crippen LogP contribution is 2.07. The minimum absolute atomic E-state index is 0.129. The third-order valence-electron chi connectivity index (χ3n) is 2.50. The van der Waals surface area contributed by atoms with E-state index in [1.807, 2.05) is 0 Å². The molecule has 0 saturated carbocycles. The molecule has 0 saturated heterocycles. The summed E-state index contributed by atoms with van der Waals surface area (Å²) in [6, 6.07) is 10.0. The van der Waals surface area contributed by atoms with Gasteiger partial charge in [-0.05, 0) is 35.9 Å². The van der Waals surface area contributed by atoms with Gasteiger partial charge in [-0.15, -0.1) is 0 Å². The van der Waals surface area contributed by atoms with Crippen molar-refractivity contribution in [3.63, 3.8) is 0 Å². The molecule has 1 aromatic carbocycles. The van der Waals surface area contributed by atoms with Gasteiger partial charge in [-0.3, -0.25) is 4.79 Å². The van der Waals surface area contributed by atoms with Gasteiger partial charge in [0.25, 0.3) is 0 Å². The van der Waals surface area contributed by atoms with Crippen LogP contribution >= 0.6 is 0 Å². The molecule has 0 bridgehead atoms. The van der Waals surface area contributed by atoms with Gasteiger partial charge >= 0.3 is 5.97 Å². The standard InChI is InChI=1S/C15H11FN2O3/c16-11-4-1-3-10(9-11)7-8-14(19)18-13-6-2-5-12(17-13)15(20)21/h1-9H,(H,20,21)(H,17,18,19). The Morgan fingerprint density at radius 2 is 1.95 bits per heavy atom. The second-order valence-corrected chi connectivity index (χ2v) is 4.09. The molecule has 0 aliphatic heterocycles. The molecule has 106 valence electrons. The highest BCUT2D eigenvalue weighted by Gasteiger charge is 2.06. The fourth-order valence-electron chi connectivity index (χ4n) is 1.57. The Kier molecular flexibility index (Phi) is 4.40. The van der Waals surface area contributed by atoms with Gasteiger partial charge in [0.1, 0.15) is 11.6 Å². The van der Waals surface area contributed by atoms with Gasteiger partial charge < -0.3 is 10.4 Å². The molecule has 2 rings (SSSR count). The van der Waals surface area contributed by atoms with Crippen LogP contribution in [0.3, 0.4) is 0 Å². The van der Waals surface area contributed by atoms with Crippen molar-refractivity contribution in [2.45, 2.75) is 0 Å². The van der Waals surface area contributed by atoms with E-state index in [2.05, 4.69) is 10.3 Å². The van der Waals surface area contributed by atoms with E-state index in [1.165, 1.54) is 48.6 Å². The lowest BCUT2D eigenvalue weighted by Crippen LogP contribution is -2.11. The number of carboxylic acids is 1. The number of carbonyl (C=O) groups is 2. The number of nitrogens with one attached hydrogen (secondary N) is 1. The van der Waals surface area contributed by atoms with Crippen molar-refractivity contribution in [2.24, 2.45) is 0 Å². The molecule has 0 aliphatic rings. The Balaban J connectivity index is 2.05. The third kappa shape index (κ3) is 4.24. The zero-order valence-corrected chi connectivity index (χ0v) is 10.8. The topological polar surface area (TPSA) is 79.3 Å². The lowest BCUT2D eigenvalue weighted by molar-refractivity contribution is -0.111. The van der Waals surface area contributed by atoms with Crippen molar-refractivity contribution in [2.75, 3.05) is 5.32 Å². The Labute approximate surface area is 119 Å². The number of amides is 1. The highest BCUT2D eigenvalue weighted by atomic mass is 19.1. The SMILES string of the molecule is O=C(C=Cc1cccc(F)c1)Nc1cccc(C(=O)O)n1. The average molecular weight is 286 g/mol. The molecule has 0 atom stereocenters. The number of pyridine rings is 1. The van der Waals surface area contributed by atoms with Gasteiger partial charge in [0.05, 0.1) is 0 Å². The minimum Gasteiger partial charge on any atom is -0.477 e. The van der Waals surface area contributed by atoms with Crippen LogP contribution in [0, 0.1) is 5.82 Å². The number of halogens is 1. The predicted molar refractivity (Wildman–Crippen MR) is 75.3 cm³/mol. The lowest BCUT2D eigenvalue weighted by atomic mass is 10.2. The molecule has 6 heteroatoms. The van der Waals surface area contributed by atoms with Crippen molar-refractivity contribution in [1.82, 2.24) is 4.98 Å². The summed E-state index contributed by atoms with van der Waals surface area (Å²) in [7, 11) is 0. The quantitative estimate of drug-likeness (QED) is 0.847. The molecule has 2 aromatic rings. The number of aromatic nitrogens is 1. The first-order chi connectivity index (χ1) is 10.0. The van der Waals surface area contributed by atoms with Crippen LogP contribution in [-0.4, -0.2) is 22.0 Å². The van der Waals surface area contributed by atoms with Crippen LogP contribution in [0.2, 0.25) is 0 Å². The summed E-state index contributed by atoms with van der Waals surface area (Å²) in [5.41, 5.74) is 0.374. The van der Waals surface area contributed by atoms with Gasteiger partial charge in [0.2, 0.25) is 5.91 Å². The van der Waals surface area contributed by atoms with Crippen LogP contribution in [0.25, 0.3) is 6.08 Å². The first-order valence-corrected chi connectivity index (χ1v) is 5.99.